The molecule has 1 aromatic heterocycles. The summed E-state index contributed by atoms with van der Waals surface area (Å²) in [6.45, 7) is 0.432. The summed E-state index contributed by atoms with van der Waals surface area (Å²) < 4.78 is 16.0. The van der Waals surface area contributed by atoms with Crippen molar-refractivity contribution in [3.63, 3.8) is 0 Å². The Bertz CT molecular complexity index is 682. The number of hydrogen-bond donors (Lipinski definition) is 1. The first kappa shape index (κ1) is 12.9. The molecule has 4 heteroatoms. The van der Waals surface area contributed by atoms with Crippen LogP contribution in [-0.4, -0.2) is 4.57 Å². The molecule has 2 aromatic rings. The SMILES string of the molecule is N#Cc1cccc(Cn2cc3c(c2)C(N)CCC3)c1F. The average Bonchev–Trinajstić information content (AvgIpc) is 2.85. The summed E-state index contributed by atoms with van der Waals surface area (Å²) in [4.78, 5) is 0. The number of nitrogens with zero attached hydrogens (tertiary/aromatic N) is 2. The second-order valence-corrected chi connectivity index (χ2v) is 5.30. The number of hydrogen-bond acceptors (Lipinski definition) is 2. The summed E-state index contributed by atoms with van der Waals surface area (Å²) in [5.74, 6) is -0.425. The third kappa shape index (κ3) is 2.21. The molecule has 3 rings (SSSR count). The molecule has 3 nitrogen and oxygen atoms in total. The van der Waals surface area contributed by atoms with Crippen LogP contribution in [0.15, 0.2) is 30.6 Å². The standard InChI is InChI=1S/C16H16FN3/c17-16-11(7-18)3-1-5-13(16)9-20-8-12-4-2-6-15(19)14(12)10-20/h1,3,5,8,10,15H,2,4,6,9,19H2. The maximum absolute atomic E-state index is 14.1. The summed E-state index contributed by atoms with van der Waals surface area (Å²) in [7, 11) is 0. The van der Waals surface area contributed by atoms with E-state index in [9.17, 15) is 4.39 Å². The molecule has 0 spiro atoms. The maximum Gasteiger partial charge on any atom is 0.145 e. The monoisotopic (exact) mass is 269 g/mol. The van der Waals surface area contributed by atoms with Crippen molar-refractivity contribution >= 4 is 0 Å². The zero-order valence-electron chi connectivity index (χ0n) is 11.1. The van der Waals surface area contributed by atoms with Gasteiger partial charge in [0, 0.05) is 30.5 Å². The molecule has 1 atom stereocenters. The first-order valence-corrected chi connectivity index (χ1v) is 6.80. The largest absolute Gasteiger partial charge is 0.349 e. The van der Waals surface area contributed by atoms with Crippen LogP contribution in [0, 0.1) is 17.1 Å². The van der Waals surface area contributed by atoms with E-state index in [1.165, 1.54) is 17.2 Å². The number of fused-ring (bicyclic) bond motifs is 1. The van der Waals surface area contributed by atoms with E-state index in [4.69, 9.17) is 11.0 Å². The van der Waals surface area contributed by atoms with Crippen molar-refractivity contribution in [1.29, 1.82) is 5.26 Å². The summed E-state index contributed by atoms with van der Waals surface area (Å²) in [5, 5.41) is 8.86. The number of aromatic nitrogens is 1. The molecule has 0 saturated carbocycles. The molecular formula is C16H16FN3. The highest BCUT2D eigenvalue weighted by Gasteiger charge is 2.19. The third-order valence-corrected chi connectivity index (χ3v) is 3.91. The third-order valence-electron chi connectivity index (χ3n) is 3.91. The molecule has 1 aliphatic carbocycles. The molecule has 102 valence electrons. The van der Waals surface area contributed by atoms with Crippen molar-refractivity contribution in [2.45, 2.75) is 31.8 Å². The molecule has 2 N–H and O–H groups in total. The molecule has 0 aliphatic heterocycles. The van der Waals surface area contributed by atoms with Crippen LogP contribution in [0.4, 0.5) is 4.39 Å². The first-order valence-electron chi connectivity index (χ1n) is 6.80. The smallest absolute Gasteiger partial charge is 0.145 e. The van der Waals surface area contributed by atoms with E-state index in [2.05, 4.69) is 0 Å². The second kappa shape index (κ2) is 5.10. The normalized spacial score (nSPS) is 17.6. The van der Waals surface area contributed by atoms with E-state index in [1.54, 1.807) is 12.1 Å². The van der Waals surface area contributed by atoms with Gasteiger partial charge in [0.05, 0.1) is 5.56 Å². The van der Waals surface area contributed by atoms with Crippen molar-refractivity contribution < 1.29 is 4.39 Å². The van der Waals surface area contributed by atoms with Crippen LogP contribution >= 0.6 is 0 Å². The summed E-state index contributed by atoms with van der Waals surface area (Å²) >= 11 is 0. The van der Waals surface area contributed by atoms with E-state index < -0.39 is 5.82 Å². The fourth-order valence-corrected chi connectivity index (χ4v) is 2.86. The second-order valence-electron chi connectivity index (χ2n) is 5.30. The minimum atomic E-state index is -0.425. The van der Waals surface area contributed by atoms with Gasteiger partial charge in [0.25, 0.3) is 0 Å². The van der Waals surface area contributed by atoms with Gasteiger partial charge >= 0.3 is 0 Å². The lowest BCUT2D eigenvalue weighted by Gasteiger charge is -2.17. The first-order chi connectivity index (χ1) is 9.69. The average molecular weight is 269 g/mol. The van der Waals surface area contributed by atoms with Crippen LogP contribution in [0.25, 0.3) is 0 Å². The number of benzene rings is 1. The van der Waals surface area contributed by atoms with Crippen molar-refractivity contribution in [3.05, 3.63) is 58.7 Å². The fourth-order valence-electron chi connectivity index (χ4n) is 2.86. The molecule has 0 radical (unpaired) electrons. The zero-order valence-corrected chi connectivity index (χ0v) is 11.1. The molecular weight excluding hydrogens is 253 g/mol. The number of halogens is 1. The van der Waals surface area contributed by atoms with E-state index in [1.807, 2.05) is 23.0 Å². The van der Waals surface area contributed by atoms with Gasteiger partial charge in [-0.05, 0) is 36.5 Å². The van der Waals surface area contributed by atoms with Gasteiger partial charge < -0.3 is 10.3 Å². The number of aryl methyl sites for hydroxylation is 1. The zero-order chi connectivity index (χ0) is 14.1. The molecule has 0 bridgehead atoms. The molecule has 0 amide bonds. The lowest BCUT2D eigenvalue weighted by molar-refractivity contribution is 0.573. The Balaban J connectivity index is 1.91. The Morgan fingerprint density at radius 2 is 2.25 bits per heavy atom. The highest BCUT2D eigenvalue weighted by molar-refractivity contribution is 5.36. The minimum Gasteiger partial charge on any atom is -0.349 e. The van der Waals surface area contributed by atoms with Crippen molar-refractivity contribution in [2.24, 2.45) is 5.73 Å². The quantitative estimate of drug-likeness (QED) is 0.911. The van der Waals surface area contributed by atoms with Crippen LogP contribution in [0.3, 0.4) is 0 Å². The van der Waals surface area contributed by atoms with Gasteiger partial charge in [-0.2, -0.15) is 5.26 Å². The van der Waals surface area contributed by atoms with Crippen molar-refractivity contribution in [3.8, 4) is 6.07 Å². The van der Waals surface area contributed by atoms with Gasteiger partial charge in [-0.15, -0.1) is 0 Å². The van der Waals surface area contributed by atoms with Crippen molar-refractivity contribution in [2.75, 3.05) is 0 Å². The number of rotatable bonds is 2. The van der Waals surface area contributed by atoms with Crippen LogP contribution in [0.2, 0.25) is 0 Å². The Hall–Kier alpha value is -2.12. The van der Waals surface area contributed by atoms with Gasteiger partial charge in [-0.3, -0.25) is 0 Å². The van der Waals surface area contributed by atoms with Crippen LogP contribution in [-0.2, 0) is 13.0 Å². The summed E-state index contributed by atoms with van der Waals surface area (Å²) in [5.41, 5.74) is 9.16. The van der Waals surface area contributed by atoms with Crippen LogP contribution < -0.4 is 5.73 Å². The topological polar surface area (TPSA) is 54.7 Å². The summed E-state index contributed by atoms with van der Waals surface area (Å²) in [6, 6.07) is 6.89. The molecule has 0 saturated heterocycles. The lowest BCUT2D eigenvalue weighted by atomic mass is 9.92. The van der Waals surface area contributed by atoms with Gasteiger partial charge in [-0.1, -0.05) is 12.1 Å². The predicted molar refractivity (Wildman–Crippen MR) is 74.5 cm³/mol. The number of nitriles is 1. The molecule has 1 unspecified atom stereocenters. The molecule has 1 aliphatic rings. The minimum absolute atomic E-state index is 0.0929. The highest BCUT2D eigenvalue weighted by Crippen LogP contribution is 2.29. The Kier molecular flexibility index (Phi) is 3.29. The predicted octanol–water partition coefficient (Wildman–Crippen LogP) is 2.88. The number of nitrogens with two attached hydrogens (primary N) is 1. The fraction of sp³-hybridized carbons (Fsp3) is 0.312. The van der Waals surface area contributed by atoms with E-state index in [0.717, 1.165) is 19.3 Å². The van der Waals surface area contributed by atoms with E-state index in [0.29, 0.717) is 12.1 Å². The van der Waals surface area contributed by atoms with Gasteiger partial charge in [0.1, 0.15) is 11.9 Å². The molecule has 20 heavy (non-hydrogen) atoms. The van der Waals surface area contributed by atoms with Crippen LogP contribution in [0.5, 0.6) is 0 Å². The lowest BCUT2D eigenvalue weighted by Crippen LogP contribution is -2.15. The maximum atomic E-state index is 14.1. The highest BCUT2D eigenvalue weighted by atomic mass is 19.1. The molecule has 1 aromatic carbocycles. The Morgan fingerprint density at radius 1 is 1.40 bits per heavy atom. The van der Waals surface area contributed by atoms with E-state index in [-0.39, 0.29) is 11.6 Å². The van der Waals surface area contributed by atoms with Gasteiger partial charge in [0.15, 0.2) is 0 Å². The summed E-state index contributed by atoms with van der Waals surface area (Å²) in [6.07, 6.45) is 7.22. The van der Waals surface area contributed by atoms with Gasteiger partial charge in [-0.25, -0.2) is 4.39 Å². The van der Waals surface area contributed by atoms with E-state index >= 15 is 0 Å². The van der Waals surface area contributed by atoms with Gasteiger partial charge in [0.2, 0.25) is 0 Å². The Labute approximate surface area is 117 Å². The Morgan fingerprint density at radius 3 is 3.00 bits per heavy atom. The van der Waals surface area contributed by atoms with Crippen LogP contribution in [0.1, 0.15) is 41.1 Å². The van der Waals surface area contributed by atoms with Crippen molar-refractivity contribution in [1.82, 2.24) is 4.57 Å². The molecule has 1 heterocycles. The molecule has 0 fully saturated rings.